The molecule has 0 atom stereocenters. The predicted octanol–water partition coefficient (Wildman–Crippen LogP) is 8.10. The number of rotatable bonds is 8. The van der Waals surface area contributed by atoms with Crippen LogP contribution in [-0.4, -0.2) is 27.9 Å². The smallest absolute Gasteiger partial charge is 0.312 e. The highest BCUT2D eigenvalue weighted by molar-refractivity contribution is 9.10. The summed E-state index contributed by atoms with van der Waals surface area (Å²) in [5, 5.41) is 19.7. The number of benzene rings is 5. The highest BCUT2D eigenvalue weighted by atomic mass is 79.9. The maximum atomic E-state index is 13.8. The molecule has 5 aromatic carbocycles. The van der Waals surface area contributed by atoms with Crippen molar-refractivity contribution in [3.8, 4) is 23.1 Å². The van der Waals surface area contributed by atoms with Crippen molar-refractivity contribution in [1.29, 1.82) is 0 Å². The third kappa shape index (κ3) is 5.26. The summed E-state index contributed by atoms with van der Waals surface area (Å²) in [5.41, 5.74) is 1.42. The summed E-state index contributed by atoms with van der Waals surface area (Å²) in [6.45, 7) is 0.0637. The largest absolute Gasteiger partial charge is 0.496 e. The number of para-hydroxylation sites is 1. The third-order valence-corrected chi connectivity index (χ3v) is 8.00. The van der Waals surface area contributed by atoms with E-state index in [1.165, 1.54) is 12.3 Å². The highest BCUT2D eigenvalue weighted by Crippen LogP contribution is 2.36. The first-order chi connectivity index (χ1) is 22.4. The number of hydrogen-bond donors (Lipinski definition) is 0. The minimum Gasteiger partial charge on any atom is -0.496 e. The van der Waals surface area contributed by atoms with Gasteiger partial charge in [0.05, 0.1) is 34.5 Å². The zero-order valence-corrected chi connectivity index (χ0v) is 25.8. The van der Waals surface area contributed by atoms with E-state index in [4.69, 9.17) is 18.9 Å². The van der Waals surface area contributed by atoms with Crippen molar-refractivity contribution in [2.75, 3.05) is 7.11 Å². The summed E-state index contributed by atoms with van der Waals surface area (Å²) >= 11 is 3.37. The minimum absolute atomic E-state index is 0.00158. The molecule has 0 N–H and O–H groups in total. The number of nitro benzene ring substituents is 1. The van der Waals surface area contributed by atoms with Gasteiger partial charge in [-0.2, -0.15) is 9.78 Å². The molecule has 7 aromatic rings. The lowest BCUT2D eigenvalue weighted by molar-refractivity contribution is -0.386. The van der Waals surface area contributed by atoms with Gasteiger partial charge < -0.3 is 13.9 Å². The van der Waals surface area contributed by atoms with E-state index in [1.807, 2.05) is 42.5 Å². The summed E-state index contributed by atoms with van der Waals surface area (Å²) in [7, 11) is 1.56. The number of ether oxygens (including phenoxy) is 2. The Morgan fingerprint density at radius 1 is 0.957 bits per heavy atom. The molecular weight excluding hydrogens is 652 g/mol. The number of aromatic nitrogens is 2. The number of nitrogens with zero attached hydrogens (tertiary/aromatic N) is 4. The molecule has 0 bridgehead atoms. The lowest BCUT2D eigenvalue weighted by Gasteiger charge is -2.12. The van der Waals surface area contributed by atoms with Crippen molar-refractivity contribution in [3.63, 3.8) is 0 Å². The lowest BCUT2D eigenvalue weighted by Crippen LogP contribution is -2.20. The molecule has 46 heavy (non-hydrogen) atoms. The Labute approximate surface area is 269 Å². The maximum absolute atomic E-state index is 13.8. The standard InChI is InChI=1S/C35H23BrN4O6/c1-44-30-14-7-15-31-27(30)18-32(46-31)34-38-28-13-5-4-12-26(28)35(41)39(34)37-19-23-16-24(36)17-29(40(42)43)33(23)45-20-22-10-6-9-21-8-2-3-11-25(21)22/h2-19H,20H2,1H3. The molecule has 10 nitrogen and oxygen atoms in total. The van der Waals surface area contributed by atoms with E-state index < -0.39 is 10.5 Å². The summed E-state index contributed by atoms with van der Waals surface area (Å²) in [6.07, 6.45) is 1.35. The van der Waals surface area contributed by atoms with Crippen LogP contribution in [0.3, 0.4) is 0 Å². The van der Waals surface area contributed by atoms with Gasteiger partial charge in [-0.15, -0.1) is 0 Å². The average Bonchev–Trinajstić information content (AvgIpc) is 3.51. The Hall–Kier alpha value is -5.81. The normalized spacial score (nSPS) is 11.5. The van der Waals surface area contributed by atoms with Crippen LogP contribution < -0.4 is 15.0 Å². The van der Waals surface area contributed by atoms with E-state index >= 15 is 0 Å². The second-order valence-electron chi connectivity index (χ2n) is 10.3. The molecule has 0 saturated carbocycles. The molecule has 0 radical (unpaired) electrons. The number of halogens is 1. The lowest BCUT2D eigenvalue weighted by atomic mass is 10.1. The predicted molar refractivity (Wildman–Crippen MR) is 180 cm³/mol. The van der Waals surface area contributed by atoms with Crippen molar-refractivity contribution in [1.82, 2.24) is 9.66 Å². The highest BCUT2D eigenvalue weighted by Gasteiger charge is 2.22. The van der Waals surface area contributed by atoms with Gasteiger partial charge in [0.2, 0.25) is 11.6 Å². The minimum atomic E-state index is -0.516. The number of furan rings is 1. The zero-order valence-electron chi connectivity index (χ0n) is 24.2. The first-order valence-corrected chi connectivity index (χ1v) is 14.9. The molecule has 11 heteroatoms. The summed E-state index contributed by atoms with van der Waals surface area (Å²) in [4.78, 5) is 30.2. The van der Waals surface area contributed by atoms with Crippen molar-refractivity contribution < 1.29 is 18.8 Å². The molecule has 226 valence electrons. The molecule has 0 fully saturated rings. The summed E-state index contributed by atoms with van der Waals surface area (Å²) < 4.78 is 19.3. The fourth-order valence-electron chi connectivity index (χ4n) is 5.39. The monoisotopic (exact) mass is 674 g/mol. The average molecular weight is 675 g/mol. The quantitative estimate of drug-likeness (QED) is 0.0906. The molecule has 0 aliphatic carbocycles. The van der Waals surface area contributed by atoms with Crippen molar-refractivity contribution >= 4 is 60.5 Å². The van der Waals surface area contributed by atoms with E-state index in [2.05, 4.69) is 21.0 Å². The second kappa shape index (κ2) is 11.9. The van der Waals surface area contributed by atoms with Crippen LogP contribution in [0.1, 0.15) is 11.1 Å². The third-order valence-electron chi connectivity index (χ3n) is 7.54. The number of hydrogen-bond acceptors (Lipinski definition) is 8. The Balaban J connectivity index is 1.37. The Bertz CT molecular complexity index is 2390. The van der Waals surface area contributed by atoms with Gasteiger partial charge >= 0.3 is 5.69 Å². The van der Waals surface area contributed by atoms with Gasteiger partial charge in [0.15, 0.2) is 5.76 Å². The van der Waals surface area contributed by atoms with E-state index in [0.29, 0.717) is 32.1 Å². The van der Waals surface area contributed by atoms with E-state index in [1.54, 1.807) is 61.7 Å². The van der Waals surface area contributed by atoms with Gasteiger partial charge in [0.25, 0.3) is 5.56 Å². The first kappa shape index (κ1) is 28.9. The van der Waals surface area contributed by atoms with Gasteiger partial charge in [-0.1, -0.05) is 76.6 Å². The molecule has 0 aliphatic rings. The van der Waals surface area contributed by atoms with E-state index in [-0.39, 0.29) is 35.2 Å². The Morgan fingerprint density at radius 2 is 1.72 bits per heavy atom. The zero-order chi connectivity index (χ0) is 31.8. The molecule has 0 amide bonds. The van der Waals surface area contributed by atoms with Crippen molar-refractivity contribution in [2.45, 2.75) is 6.61 Å². The molecule has 2 aromatic heterocycles. The van der Waals surface area contributed by atoms with Crippen LogP contribution in [-0.2, 0) is 6.61 Å². The SMILES string of the molecule is COc1cccc2oc(-c3nc4ccccc4c(=O)n3N=Cc3cc(Br)cc([N+](=O)[O-])c3OCc3cccc4ccccc34)cc12. The van der Waals surface area contributed by atoms with Crippen LogP contribution in [0.25, 0.3) is 44.2 Å². The molecule has 7 rings (SSSR count). The van der Waals surface area contributed by atoms with Crippen LogP contribution in [0.15, 0.2) is 122 Å². The Kier molecular flexibility index (Phi) is 7.51. The van der Waals surface area contributed by atoms with Gasteiger partial charge in [-0.3, -0.25) is 14.9 Å². The molecule has 0 spiro atoms. The van der Waals surface area contributed by atoms with Gasteiger partial charge in [-0.25, -0.2) is 4.98 Å². The molecular formula is C35H23BrN4O6. The van der Waals surface area contributed by atoms with E-state index in [0.717, 1.165) is 21.0 Å². The first-order valence-electron chi connectivity index (χ1n) is 14.1. The van der Waals surface area contributed by atoms with E-state index in [9.17, 15) is 14.9 Å². The Morgan fingerprint density at radius 3 is 2.54 bits per heavy atom. The van der Waals surface area contributed by atoms with Gasteiger partial charge in [0.1, 0.15) is 17.9 Å². The van der Waals surface area contributed by atoms with Crippen LogP contribution in [0, 0.1) is 10.1 Å². The van der Waals surface area contributed by atoms with Crippen LogP contribution >= 0.6 is 15.9 Å². The number of nitro groups is 1. The van der Waals surface area contributed by atoms with Crippen LogP contribution in [0.2, 0.25) is 0 Å². The number of methoxy groups -OCH3 is 1. The molecule has 0 unspecified atom stereocenters. The maximum Gasteiger partial charge on any atom is 0.312 e. The van der Waals surface area contributed by atoms with Gasteiger partial charge in [-0.05, 0) is 52.7 Å². The fourth-order valence-corrected chi connectivity index (χ4v) is 5.85. The summed E-state index contributed by atoms with van der Waals surface area (Å²) in [5.74, 6) is 1.02. The van der Waals surface area contributed by atoms with Crippen LogP contribution in [0.4, 0.5) is 5.69 Å². The second-order valence-corrected chi connectivity index (χ2v) is 11.2. The van der Waals surface area contributed by atoms with Gasteiger partial charge in [0, 0.05) is 16.1 Å². The van der Waals surface area contributed by atoms with Crippen molar-refractivity contribution in [3.05, 3.63) is 139 Å². The number of fused-ring (bicyclic) bond motifs is 3. The topological polar surface area (TPSA) is 122 Å². The molecule has 0 saturated heterocycles. The fraction of sp³-hybridized carbons (Fsp3) is 0.0571. The molecule has 2 heterocycles. The van der Waals surface area contributed by atoms with Crippen molar-refractivity contribution in [2.24, 2.45) is 5.10 Å². The molecule has 0 aliphatic heterocycles. The van der Waals surface area contributed by atoms with Crippen LogP contribution in [0.5, 0.6) is 11.5 Å². The summed E-state index contributed by atoms with van der Waals surface area (Å²) in [6, 6.07) is 30.7.